The Labute approximate surface area is 127 Å². The highest BCUT2D eigenvalue weighted by molar-refractivity contribution is 6.31. The Kier molecular flexibility index (Phi) is 5.70. The fourth-order valence-electron chi connectivity index (χ4n) is 2.68. The average molecular weight is 297 g/mol. The van der Waals surface area contributed by atoms with Gasteiger partial charge < -0.3 is 15.0 Å². The molecule has 0 spiro atoms. The van der Waals surface area contributed by atoms with Crippen LogP contribution in [0.2, 0.25) is 5.02 Å². The van der Waals surface area contributed by atoms with Crippen LogP contribution in [0.4, 0.5) is 5.69 Å². The Morgan fingerprint density at radius 1 is 1.40 bits per heavy atom. The summed E-state index contributed by atoms with van der Waals surface area (Å²) in [5, 5.41) is 4.06. The van der Waals surface area contributed by atoms with Gasteiger partial charge in [0.1, 0.15) is 0 Å². The summed E-state index contributed by atoms with van der Waals surface area (Å²) in [6.07, 6.45) is 2.32. The lowest BCUT2D eigenvalue weighted by atomic mass is 9.99. The van der Waals surface area contributed by atoms with Gasteiger partial charge in [0.2, 0.25) is 0 Å². The molecule has 1 aromatic carbocycles. The van der Waals surface area contributed by atoms with Gasteiger partial charge in [0, 0.05) is 43.6 Å². The van der Waals surface area contributed by atoms with Gasteiger partial charge in [-0.05, 0) is 50.4 Å². The van der Waals surface area contributed by atoms with Crippen molar-refractivity contribution in [3.05, 3.63) is 28.8 Å². The van der Waals surface area contributed by atoms with E-state index in [1.54, 1.807) is 0 Å². The van der Waals surface area contributed by atoms with Gasteiger partial charge in [-0.1, -0.05) is 17.7 Å². The zero-order valence-corrected chi connectivity index (χ0v) is 13.4. The molecule has 3 nitrogen and oxygen atoms in total. The van der Waals surface area contributed by atoms with Crippen LogP contribution in [-0.4, -0.2) is 33.9 Å². The Morgan fingerprint density at radius 3 is 2.70 bits per heavy atom. The molecule has 4 heteroatoms. The molecule has 0 aliphatic carbocycles. The third-order valence-electron chi connectivity index (χ3n) is 4.20. The van der Waals surface area contributed by atoms with E-state index >= 15 is 0 Å². The number of anilines is 1. The van der Waals surface area contributed by atoms with Crippen molar-refractivity contribution in [2.75, 3.05) is 38.8 Å². The van der Waals surface area contributed by atoms with Crippen molar-refractivity contribution < 1.29 is 4.74 Å². The molecule has 1 aliphatic heterocycles. The van der Waals surface area contributed by atoms with Crippen LogP contribution < -0.4 is 10.2 Å². The predicted molar refractivity (Wildman–Crippen MR) is 85.7 cm³/mol. The number of benzene rings is 1. The molecular formula is C16H25ClN2O. The Bertz CT molecular complexity index is 432. The molecule has 2 rings (SSSR count). The molecule has 1 saturated heterocycles. The molecule has 0 radical (unpaired) electrons. The zero-order chi connectivity index (χ0) is 14.5. The lowest BCUT2D eigenvalue weighted by molar-refractivity contribution is 0.0685. The standard InChI is InChI=1S/C16H25ClN2O/c1-12(18-2)15-5-4-14(10-16(15)17)19(3)11-13-6-8-20-9-7-13/h4-5,10,12-13,18H,6-9,11H2,1-3H3. The second-order valence-electron chi connectivity index (χ2n) is 5.65. The molecule has 1 N–H and O–H groups in total. The molecule has 20 heavy (non-hydrogen) atoms. The van der Waals surface area contributed by atoms with Gasteiger partial charge in [0.05, 0.1) is 0 Å². The van der Waals surface area contributed by atoms with Crippen molar-refractivity contribution >= 4 is 17.3 Å². The largest absolute Gasteiger partial charge is 0.381 e. The normalized spacial score (nSPS) is 18.0. The van der Waals surface area contributed by atoms with E-state index in [0.717, 1.165) is 49.1 Å². The Balaban J connectivity index is 2.02. The Morgan fingerprint density at radius 2 is 2.10 bits per heavy atom. The van der Waals surface area contributed by atoms with Crippen LogP contribution in [0.25, 0.3) is 0 Å². The molecule has 1 atom stereocenters. The lowest BCUT2D eigenvalue weighted by Gasteiger charge is -2.29. The van der Waals surface area contributed by atoms with Crippen LogP contribution in [0.15, 0.2) is 18.2 Å². The van der Waals surface area contributed by atoms with Crippen LogP contribution in [0.5, 0.6) is 0 Å². The van der Waals surface area contributed by atoms with Crippen LogP contribution in [0, 0.1) is 5.92 Å². The highest BCUT2D eigenvalue weighted by atomic mass is 35.5. The number of hydrogen-bond donors (Lipinski definition) is 1. The van der Waals surface area contributed by atoms with Crippen molar-refractivity contribution in [1.82, 2.24) is 5.32 Å². The van der Waals surface area contributed by atoms with Gasteiger partial charge in [0.15, 0.2) is 0 Å². The SMILES string of the molecule is CNC(C)c1ccc(N(C)CC2CCOCC2)cc1Cl. The fraction of sp³-hybridized carbons (Fsp3) is 0.625. The number of nitrogens with one attached hydrogen (secondary N) is 1. The van der Waals surface area contributed by atoms with Crippen LogP contribution in [0.3, 0.4) is 0 Å². The van der Waals surface area contributed by atoms with E-state index in [1.807, 2.05) is 7.05 Å². The minimum Gasteiger partial charge on any atom is -0.381 e. The van der Waals surface area contributed by atoms with E-state index in [9.17, 15) is 0 Å². The lowest BCUT2D eigenvalue weighted by Crippen LogP contribution is -2.29. The van der Waals surface area contributed by atoms with Gasteiger partial charge in [-0.15, -0.1) is 0 Å². The predicted octanol–water partition coefficient (Wildman–Crippen LogP) is 3.48. The van der Waals surface area contributed by atoms with Crippen LogP contribution >= 0.6 is 11.6 Å². The van der Waals surface area contributed by atoms with Crippen molar-refractivity contribution in [2.45, 2.75) is 25.8 Å². The maximum Gasteiger partial charge on any atom is 0.0474 e. The summed E-state index contributed by atoms with van der Waals surface area (Å²) in [7, 11) is 4.09. The molecule has 0 saturated carbocycles. The molecule has 1 fully saturated rings. The van der Waals surface area contributed by atoms with Gasteiger partial charge in [0.25, 0.3) is 0 Å². The maximum absolute atomic E-state index is 6.40. The van der Waals surface area contributed by atoms with Crippen molar-refractivity contribution in [1.29, 1.82) is 0 Å². The monoisotopic (exact) mass is 296 g/mol. The van der Waals surface area contributed by atoms with Gasteiger partial charge in [-0.3, -0.25) is 0 Å². The second kappa shape index (κ2) is 7.30. The molecule has 0 amide bonds. The molecule has 1 aromatic rings. The second-order valence-corrected chi connectivity index (χ2v) is 6.06. The Hall–Kier alpha value is -0.770. The molecule has 0 aromatic heterocycles. The van der Waals surface area contributed by atoms with E-state index in [-0.39, 0.29) is 6.04 Å². The van der Waals surface area contributed by atoms with Gasteiger partial charge >= 0.3 is 0 Å². The first kappa shape index (κ1) is 15.6. The summed E-state index contributed by atoms with van der Waals surface area (Å²) in [4.78, 5) is 2.30. The summed E-state index contributed by atoms with van der Waals surface area (Å²) in [5.74, 6) is 0.725. The smallest absolute Gasteiger partial charge is 0.0474 e. The van der Waals surface area contributed by atoms with Crippen molar-refractivity contribution in [3.8, 4) is 0 Å². The van der Waals surface area contributed by atoms with E-state index in [1.165, 1.54) is 5.69 Å². The number of hydrogen-bond acceptors (Lipinski definition) is 3. The number of nitrogens with zero attached hydrogens (tertiary/aromatic N) is 1. The van der Waals surface area contributed by atoms with Gasteiger partial charge in [-0.25, -0.2) is 0 Å². The first-order valence-electron chi connectivity index (χ1n) is 7.37. The van der Waals surface area contributed by atoms with Crippen molar-refractivity contribution in [2.24, 2.45) is 5.92 Å². The first-order valence-corrected chi connectivity index (χ1v) is 7.75. The summed E-state index contributed by atoms with van der Waals surface area (Å²) < 4.78 is 5.41. The van der Waals surface area contributed by atoms with E-state index < -0.39 is 0 Å². The quantitative estimate of drug-likeness (QED) is 0.900. The van der Waals surface area contributed by atoms with Crippen LogP contribution in [0.1, 0.15) is 31.4 Å². The number of rotatable bonds is 5. The number of ether oxygens (including phenoxy) is 1. The minimum atomic E-state index is 0.275. The summed E-state index contributed by atoms with van der Waals surface area (Å²) in [6, 6.07) is 6.63. The summed E-state index contributed by atoms with van der Waals surface area (Å²) in [6.45, 7) is 4.99. The molecule has 1 heterocycles. The fourth-order valence-corrected chi connectivity index (χ4v) is 3.02. The molecule has 112 valence electrons. The topological polar surface area (TPSA) is 24.5 Å². The molecule has 0 bridgehead atoms. The molecular weight excluding hydrogens is 272 g/mol. The molecule has 1 unspecified atom stereocenters. The van der Waals surface area contributed by atoms with E-state index in [4.69, 9.17) is 16.3 Å². The zero-order valence-electron chi connectivity index (χ0n) is 12.7. The minimum absolute atomic E-state index is 0.275. The average Bonchev–Trinajstić information content (AvgIpc) is 2.47. The van der Waals surface area contributed by atoms with Crippen LogP contribution in [-0.2, 0) is 4.74 Å². The summed E-state index contributed by atoms with van der Waals surface area (Å²) in [5.41, 5.74) is 2.34. The molecule has 1 aliphatic rings. The summed E-state index contributed by atoms with van der Waals surface area (Å²) >= 11 is 6.40. The van der Waals surface area contributed by atoms with E-state index in [2.05, 4.69) is 42.4 Å². The number of halogens is 1. The third kappa shape index (κ3) is 3.87. The first-order chi connectivity index (χ1) is 9.61. The highest BCUT2D eigenvalue weighted by Gasteiger charge is 2.17. The third-order valence-corrected chi connectivity index (χ3v) is 4.52. The van der Waals surface area contributed by atoms with E-state index in [0.29, 0.717) is 0 Å². The highest BCUT2D eigenvalue weighted by Crippen LogP contribution is 2.28. The van der Waals surface area contributed by atoms with Gasteiger partial charge in [-0.2, -0.15) is 0 Å². The van der Waals surface area contributed by atoms with Crippen molar-refractivity contribution in [3.63, 3.8) is 0 Å². The maximum atomic E-state index is 6.40.